The van der Waals surface area contributed by atoms with Crippen molar-refractivity contribution in [2.24, 2.45) is 0 Å². The molecular weight excluding hydrogens is 564 g/mol. The maximum absolute atomic E-state index is 13.6. The van der Waals surface area contributed by atoms with Crippen LogP contribution in [0.4, 0.5) is 0 Å². The number of benzene rings is 2. The molecule has 0 saturated carbocycles. The van der Waals surface area contributed by atoms with Gasteiger partial charge in [-0.2, -0.15) is 0 Å². The van der Waals surface area contributed by atoms with Gasteiger partial charge in [0.15, 0.2) is 23.6 Å². The Labute approximate surface area is 246 Å². The lowest BCUT2D eigenvalue weighted by molar-refractivity contribution is -0.347. The van der Waals surface area contributed by atoms with E-state index in [0.717, 1.165) is 0 Å². The third-order valence-electron chi connectivity index (χ3n) is 8.66. The second-order valence-electron chi connectivity index (χ2n) is 12.0. The summed E-state index contributed by atoms with van der Waals surface area (Å²) in [4.78, 5) is 50.5. The number of carboxylic acid groups (broad SMARTS) is 1. The molecule has 4 N–H and O–H groups in total. The number of rotatable bonds is 5. The molecule has 2 aromatic rings. The second-order valence-corrected chi connectivity index (χ2v) is 12.0. The molecule has 12 nitrogen and oxygen atoms in total. The molecule has 0 amide bonds. The van der Waals surface area contributed by atoms with Gasteiger partial charge in [0.2, 0.25) is 0 Å². The molecule has 6 rings (SSSR count). The maximum atomic E-state index is 13.6. The van der Waals surface area contributed by atoms with Gasteiger partial charge >= 0.3 is 5.97 Å². The Morgan fingerprint density at radius 2 is 1.56 bits per heavy atom. The van der Waals surface area contributed by atoms with Crippen molar-refractivity contribution in [3.63, 3.8) is 0 Å². The molecule has 12 heteroatoms. The molecule has 228 valence electrons. The fourth-order valence-corrected chi connectivity index (χ4v) is 6.56. The van der Waals surface area contributed by atoms with E-state index >= 15 is 0 Å². The number of phenolic OH excluding ortho intramolecular Hbond substituents is 2. The number of ketones is 3. The predicted molar refractivity (Wildman–Crippen MR) is 145 cm³/mol. The molecule has 3 heterocycles. The third-order valence-corrected chi connectivity index (χ3v) is 8.66. The largest absolute Gasteiger partial charge is 0.507 e. The zero-order valence-electron chi connectivity index (χ0n) is 23.7. The maximum Gasteiger partial charge on any atom is 0.306 e. The van der Waals surface area contributed by atoms with Crippen molar-refractivity contribution in [3.05, 3.63) is 57.6 Å². The molecule has 3 fully saturated rings. The Balaban J connectivity index is 1.28. The molecule has 1 aliphatic carbocycles. The van der Waals surface area contributed by atoms with Gasteiger partial charge < -0.3 is 39.4 Å². The summed E-state index contributed by atoms with van der Waals surface area (Å²) in [6.07, 6.45) is -4.53. The van der Waals surface area contributed by atoms with Gasteiger partial charge in [-0.05, 0) is 38.5 Å². The predicted octanol–water partition coefficient (Wildman–Crippen LogP) is 2.35. The monoisotopic (exact) mass is 596 g/mol. The highest BCUT2D eigenvalue weighted by molar-refractivity contribution is 6.30. The molecular formula is C31H32O12. The number of aliphatic hydroxyl groups is 1. The van der Waals surface area contributed by atoms with Crippen molar-refractivity contribution in [2.75, 3.05) is 0 Å². The number of carbonyl (C=O) groups excluding carboxylic acids is 3. The molecule has 43 heavy (non-hydrogen) atoms. The zero-order valence-corrected chi connectivity index (χ0v) is 23.7. The van der Waals surface area contributed by atoms with E-state index in [1.54, 1.807) is 13.8 Å². The lowest BCUT2D eigenvalue weighted by atomic mass is 9.79. The number of ether oxygens (including phenoxy) is 4. The van der Waals surface area contributed by atoms with E-state index in [4.69, 9.17) is 24.1 Å². The van der Waals surface area contributed by atoms with Gasteiger partial charge in [0.1, 0.15) is 29.8 Å². The van der Waals surface area contributed by atoms with Crippen LogP contribution in [0.5, 0.6) is 11.5 Å². The van der Waals surface area contributed by atoms with Crippen LogP contribution in [-0.4, -0.2) is 86.2 Å². The van der Waals surface area contributed by atoms with E-state index < -0.39 is 84.0 Å². The van der Waals surface area contributed by atoms with E-state index in [-0.39, 0.29) is 58.4 Å². The Morgan fingerprint density at radius 1 is 0.907 bits per heavy atom. The number of aromatic hydroxyl groups is 2. The summed E-state index contributed by atoms with van der Waals surface area (Å²) in [5, 5.41) is 41.9. The first kappa shape index (κ1) is 29.4. The van der Waals surface area contributed by atoms with E-state index in [1.165, 1.54) is 31.2 Å². The number of fused-ring (bicyclic) bond motifs is 4. The first-order valence-corrected chi connectivity index (χ1v) is 14.1. The molecule has 0 spiro atoms. The summed E-state index contributed by atoms with van der Waals surface area (Å²) >= 11 is 0. The second kappa shape index (κ2) is 10.5. The third kappa shape index (κ3) is 5.02. The first-order valence-electron chi connectivity index (χ1n) is 14.1. The number of carboxylic acids is 1. The molecule has 3 saturated heterocycles. The van der Waals surface area contributed by atoms with Crippen molar-refractivity contribution < 1.29 is 58.6 Å². The van der Waals surface area contributed by atoms with Crippen molar-refractivity contribution in [1.82, 2.24) is 0 Å². The van der Waals surface area contributed by atoms with Crippen molar-refractivity contribution in [1.29, 1.82) is 0 Å². The van der Waals surface area contributed by atoms with Crippen molar-refractivity contribution in [3.8, 4) is 11.5 Å². The molecule has 0 unspecified atom stereocenters. The van der Waals surface area contributed by atoms with E-state index in [0.29, 0.717) is 0 Å². The average molecular weight is 597 g/mol. The highest BCUT2D eigenvalue weighted by atomic mass is 16.7. The van der Waals surface area contributed by atoms with E-state index in [9.17, 15) is 34.5 Å². The first-order chi connectivity index (χ1) is 20.3. The smallest absolute Gasteiger partial charge is 0.306 e. The van der Waals surface area contributed by atoms with Gasteiger partial charge in [0, 0.05) is 36.0 Å². The Hall–Kier alpha value is -3.68. The summed E-state index contributed by atoms with van der Waals surface area (Å²) in [5.41, 5.74) is -2.09. The molecule has 4 aliphatic rings. The van der Waals surface area contributed by atoms with Gasteiger partial charge in [-0.1, -0.05) is 12.1 Å². The van der Waals surface area contributed by atoms with Crippen LogP contribution >= 0.6 is 0 Å². The number of phenols is 2. The van der Waals surface area contributed by atoms with Crippen molar-refractivity contribution >= 4 is 23.3 Å². The lowest BCUT2D eigenvalue weighted by Crippen LogP contribution is -2.60. The minimum Gasteiger partial charge on any atom is -0.507 e. The minimum atomic E-state index is -1.72. The summed E-state index contributed by atoms with van der Waals surface area (Å²) in [5.74, 6) is -3.66. The SMILES string of the molecule is C[C@H]1O[C@H]2O[C@H]3[C@H](C[C@H](c4ccc5c(c4O)C(=O)c4ccc(C[C@@](C)(O)CC(=O)O)c(O)c4C5=O)O[C@@H]3C)O[C@H]2CC1=O. The van der Waals surface area contributed by atoms with Crippen LogP contribution in [0.1, 0.15) is 89.1 Å². The van der Waals surface area contributed by atoms with Crippen molar-refractivity contribution in [2.45, 2.75) is 95.0 Å². The molecule has 0 radical (unpaired) electrons. The number of Topliss-reactive ketones (excluding diaryl/α,β-unsaturated/α-hetero) is 1. The Morgan fingerprint density at radius 3 is 2.23 bits per heavy atom. The number of aliphatic carboxylic acids is 1. The molecule has 0 bridgehead atoms. The van der Waals surface area contributed by atoms with Gasteiger partial charge in [0.25, 0.3) is 0 Å². The minimum absolute atomic E-state index is 0.0838. The molecule has 3 aliphatic heterocycles. The van der Waals surface area contributed by atoms with Gasteiger partial charge in [-0.25, -0.2) is 0 Å². The standard InChI is InChI=1S/C31H32O12/c1-12-18(32)8-21-30(41-12)43-29-13(2)40-19(9-20(29)42-21)15-6-7-17-24(26(15)36)28(38)16-5-4-14(25(35)23(16)27(17)37)10-31(3,39)11-22(33)34/h4-7,12-13,19-21,29-30,35-36,39H,8-11H2,1-3H3,(H,33,34)/t12-,13-,19-,20+,21+,29-,30+,31-/m1/s1. The summed E-state index contributed by atoms with van der Waals surface area (Å²) in [7, 11) is 0. The van der Waals surface area contributed by atoms with Crippen LogP contribution in [0, 0.1) is 0 Å². The van der Waals surface area contributed by atoms with Gasteiger partial charge in [-0.15, -0.1) is 0 Å². The Bertz CT molecular complexity index is 1540. The van der Waals surface area contributed by atoms with Crippen LogP contribution in [0.3, 0.4) is 0 Å². The normalized spacial score (nSPS) is 31.3. The number of hydrogen-bond donors (Lipinski definition) is 4. The topological polar surface area (TPSA) is 186 Å². The Kier molecular flexibility index (Phi) is 7.17. The number of hydrogen-bond acceptors (Lipinski definition) is 11. The average Bonchev–Trinajstić information content (AvgIpc) is 2.91. The quantitative estimate of drug-likeness (QED) is 0.337. The zero-order chi connectivity index (χ0) is 31.0. The highest BCUT2D eigenvalue weighted by Gasteiger charge is 2.50. The molecule has 2 aromatic carbocycles. The van der Waals surface area contributed by atoms with Gasteiger partial charge in [0.05, 0.1) is 41.5 Å². The van der Waals surface area contributed by atoms with E-state index in [2.05, 4.69) is 0 Å². The molecule has 0 aromatic heterocycles. The van der Waals surface area contributed by atoms with Crippen LogP contribution < -0.4 is 0 Å². The van der Waals surface area contributed by atoms with Crippen LogP contribution in [0.15, 0.2) is 24.3 Å². The summed E-state index contributed by atoms with van der Waals surface area (Å²) < 4.78 is 24.2. The fraction of sp³-hybridized carbons (Fsp3) is 0.484. The lowest BCUT2D eigenvalue weighted by Gasteiger charge is -2.49. The number of carbonyl (C=O) groups is 4. The van der Waals surface area contributed by atoms with Gasteiger partial charge in [-0.3, -0.25) is 19.2 Å². The summed E-state index contributed by atoms with van der Waals surface area (Å²) in [6.45, 7) is 4.75. The van der Waals surface area contributed by atoms with E-state index in [1.807, 2.05) is 0 Å². The van der Waals surface area contributed by atoms with Crippen LogP contribution in [0.2, 0.25) is 0 Å². The molecule has 8 atom stereocenters. The summed E-state index contributed by atoms with van der Waals surface area (Å²) in [6, 6.07) is 5.55. The fourth-order valence-electron chi connectivity index (χ4n) is 6.56. The van der Waals surface area contributed by atoms with Crippen LogP contribution in [0.25, 0.3) is 0 Å². The highest BCUT2D eigenvalue weighted by Crippen LogP contribution is 2.46. The van der Waals surface area contributed by atoms with Crippen LogP contribution in [-0.2, 0) is 35.0 Å².